The van der Waals surface area contributed by atoms with Gasteiger partial charge < -0.3 is 10.8 Å². The van der Waals surface area contributed by atoms with Gasteiger partial charge in [-0.25, -0.2) is 13.1 Å². The smallest absolute Gasteiger partial charge is 0.322 e. The van der Waals surface area contributed by atoms with Gasteiger partial charge in [-0.15, -0.1) is 0 Å². The zero-order valence-corrected chi connectivity index (χ0v) is 10.8. The van der Waals surface area contributed by atoms with E-state index in [-0.39, 0.29) is 5.75 Å². The summed E-state index contributed by atoms with van der Waals surface area (Å²) in [6.45, 7) is 0. The van der Waals surface area contributed by atoms with Crippen LogP contribution in [-0.2, 0) is 25.4 Å². The number of benzene rings is 1. The summed E-state index contributed by atoms with van der Waals surface area (Å²) in [4.78, 5) is 21.5. The molecule has 0 bridgehead atoms. The zero-order chi connectivity index (χ0) is 14.5. The van der Waals surface area contributed by atoms with Gasteiger partial charge in [0.25, 0.3) is 0 Å². The molecule has 0 aliphatic carbocycles. The maximum atomic E-state index is 11.8. The van der Waals surface area contributed by atoms with Gasteiger partial charge in [0.05, 0.1) is 12.2 Å². The Kier molecular flexibility index (Phi) is 5.02. The first kappa shape index (κ1) is 15.1. The summed E-state index contributed by atoms with van der Waals surface area (Å²) in [6, 6.07) is 6.72. The molecule has 0 aliphatic heterocycles. The largest absolute Gasteiger partial charge is 0.480 e. The van der Waals surface area contributed by atoms with E-state index >= 15 is 0 Å². The minimum atomic E-state index is -3.86. The summed E-state index contributed by atoms with van der Waals surface area (Å²) in [6.07, 6.45) is -0.594. The quantitative estimate of drug-likeness (QED) is 0.619. The third-order valence-corrected chi connectivity index (χ3v) is 3.58. The SMILES string of the molecule is NC(=O)C[C@H](NS(=O)(=O)Cc1ccccc1)C(=O)O. The average molecular weight is 286 g/mol. The second-order valence-electron chi connectivity index (χ2n) is 3.92. The van der Waals surface area contributed by atoms with Crippen LogP contribution < -0.4 is 10.5 Å². The second kappa shape index (κ2) is 6.30. The molecule has 0 saturated heterocycles. The van der Waals surface area contributed by atoms with Gasteiger partial charge in [0.2, 0.25) is 15.9 Å². The fourth-order valence-electron chi connectivity index (χ4n) is 1.43. The van der Waals surface area contributed by atoms with Crippen LogP contribution >= 0.6 is 0 Å². The monoisotopic (exact) mass is 286 g/mol. The number of carboxylic acids is 1. The van der Waals surface area contributed by atoms with E-state index in [1.54, 1.807) is 30.3 Å². The fraction of sp³-hybridized carbons (Fsp3) is 0.273. The normalized spacial score (nSPS) is 12.8. The van der Waals surface area contributed by atoms with Crippen LogP contribution in [0.1, 0.15) is 12.0 Å². The number of carboxylic acid groups (broad SMARTS) is 1. The lowest BCUT2D eigenvalue weighted by Crippen LogP contribution is -2.43. The van der Waals surface area contributed by atoms with Crippen molar-refractivity contribution < 1.29 is 23.1 Å². The van der Waals surface area contributed by atoms with Crippen molar-refractivity contribution in [2.24, 2.45) is 5.73 Å². The zero-order valence-electron chi connectivity index (χ0n) is 9.94. The van der Waals surface area contributed by atoms with Crippen molar-refractivity contribution in [1.82, 2.24) is 4.72 Å². The molecular formula is C11H14N2O5S. The van der Waals surface area contributed by atoms with E-state index in [1.807, 2.05) is 4.72 Å². The molecule has 0 fully saturated rings. The van der Waals surface area contributed by atoms with E-state index in [9.17, 15) is 18.0 Å². The lowest BCUT2D eigenvalue weighted by molar-refractivity contribution is -0.140. The molecule has 1 amide bonds. The Labute approximate surface area is 110 Å². The molecule has 0 aromatic heterocycles. The molecule has 0 saturated carbocycles. The van der Waals surface area contributed by atoms with Crippen molar-refractivity contribution in [2.45, 2.75) is 18.2 Å². The number of aliphatic carboxylic acids is 1. The van der Waals surface area contributed by atoms with Crippen LogP contribution in [0.15, 0.2) is 30.3 Å². The van der Waals surface area contributed by atoms with Gasteiger partial charge in [-0.2, -0.15) is 0 Å². The fourth-order valence-corrected chi connectivity index (χ4v) is 2.76. The molecule has 104 valence electrons. The number of amides is 1. The molecule has 0 spiro atoms. The summed E-state index contributed by atoms with van der Waals surface area (Å²) in [7, 11) is -3.86. The Balaban J connectivity index is 2.77. The summed E-state index contributed by atoms with van der Waals surface area (Å²) in [5.41, 5.74) is 5.38. The van der Waals surface area contributed by atoms with Crippen LogP contribution in [0.2, 0.25) is 0 Å². The molecule has 0 heterocycles. The van der Waals surface area contributed by atoms with E-state index in [0.29, 0.717) is 5.56 Å². The Hall–Kier alpha value is -1.93. The number of primary amides is 1. The third kappa shape index (κ3) is 5.49. The van der Waals surface area contributed by atoms with Crippen LogP contribution in [0.3, 0.4) is 0 Å². The molecule has 0 unspecified atom stereocenters. The number of hydrogen-bond acceptors (Lipinski definition) is 4. The highest BCUT2D eigenvalue weighted by Gasteiger charge is 2.25. The molecule has 1 atom stereocenters. The molecular weight excluding hydrogens is 272 g/mol. The maximum Gasteiger partial charge on any atom is 0.322 e. The standard InChI is InChI=1S/C11H14N2O5S/c12-10(14)6-9(11(15)16)13-19(17,18)7-8-4-2-1-3-5-8/h1-5,9,13H,6-7H2,(H2,12,14)(H,15,16)/t9-/m0/s1. The Bertz CT molecular complexity index is 556. The molecule has 0 radical (unpaired) electrons. The lowest BCUT2D eigenvalue weighted by Gasteiger charge is -2.13. The Morgan fingerprint density at radius 1 is 1.26 bits per heavy atom. The van der Waals surface area contributed by atoms with Gasteiger partial charge in [-0.1, -0.05) is 30.3 Å². The molecule has 19 heavy (non-hydrogen) atoms. The summed E-state index contributed by atoms with van der Waals surface area (Å²) in [5, 5.41) is 8.82. The number of sulfonamides is 1. The van der Waals surface area contributed by atoms with Gasteiger partial charge in [-0.05, 0) is 5.56 Å². The lowest BCUT2D eigenvalue weighted by atomic mass is 10.2. The molecule has 1 aromatic carbocycles. The highest BCUT2D eigenvalue weighted by atomic mass is 32.2. The first-order valence-corrected chi connectivity index (χ1v) is 7.00. The summed E-state index contributed by atoms with van der Waals surface area (Å²) in [5.74, 6) is -2.71. The van der Waals surface area contributed by atoms with Gasteiger partial charge in [0.15, 0.2) is 0 Å². The Morgan fingerprint density at radius 3 is 2.32 bits per heavy atom. The maximum absolute atomic E-state index is 11.8. The molecule has 1 aromatic rings. The van der Waals surface area contributed by atoms with Crippen molar-refractivity contribution >= 4 is 21.9 Å². The van der Waals surface area contributed by atoms with E-state index < -0.39 is 34.4 Å². The van der Waals surface area contributed by atoms with Crippen molar-refractivity contribution in [2.75, 3.05) is 0 Å². The van der Waals surface area contributed by atoms with Crippen molar-refractivity contribution in [1.29, 1.82) is 0 Å². The predicted molar refractivity (Wildman–Crippen MR) is 67.4 cm³/mol. The number of nitrogens with two attached hydrogens (primary N) is 1. The van der Waals surface area contributed by atoms with Crippen molar-refractivity contribution in [3.05, 3.63) is 35.9 Å². The van der Waals surface area contributed by atoms with Gasteiger partial charge in [-0.3, -0.25) is 9.59 Å². The van der Waals surface area contributed by atoms with E-state index in [2.05, 4.69) is 0 Å². The molecule has 7 nitrogen and oxygen atoms in total. The van der Waals surface area contributed by atoms with Crippen LogP contribution in [0.4, 0.5) is 0 Å². The van der Waals surface area contributed by atoms with E-state index in [0.717, 1.165) is 0 Å². The highest BCUT2D eigenvalue weighted by Crippen LogP contribution is 2.05. The molecule has 0 aliphatic rings. The number of carbonyl (C=O) groups excluding carboxylic acids is 1. The minimum absolute atomic E-state index is 0.365. The van der Waals surface area contributed by atoms with Crippen LogP contribution in [0.5, 0.6) is 0 Å². The van der Waals surface area contributed by atoms with Gasteiger partial charge in [0, 0.05) is 0 Å². The van der Waals surface area contributed by atoms with Gasteiger partial charge in [0.1, 0.15) is 6.04 Å². The van der Waals surface area contributed by atoms with E-state index in [4.69, 9.17) is 10.8 Å². The number of rotatable bonds is 7. The Morgan fingerprint density at radius 2 is 1.84 bits per heavy atom. The van der Waals surface area contributed by atoms with Crippen molar-refractivity contribution in [3.8, 4) is 0 Å². The average Bonchev–Trinajstić information content (AvgIpc) is 2.27. The molecule has 8 heteroatoms. The van der Waals surface area contributed by atoms with Crippen LogP contribution in [0.25, 0.3) is 0 Å². The highest BCUT2D eigenvalue weighted by molar-refractivity contribution is 7.88. The molecule has 4 N–H and O–H groups in total. The first-order chi connectivity index (χ1) is 8.80. The third-order valence-electron chi connectivity index (χ3n) is 2.22. The predicted octanol–water partition coefficient (Wildman–Crippen LogP) is -0.565. The number of carbonyl (C=O) groups is 2. The summed E-state index contributed by atoms with van der Waals surface area (Å²) < 4.78 is 25.5. The first-order valence-electron chi connectivity index (χ1n) is 5.35. The topological polar surface area (TPSA) is 127 Å². The second-order valence-corrected chi connectivity index (χ2v) is 5.68. The minimum Gasteiger partial charge on any atom is -0.480 e. The van der Waals surface area contributed by atoms with Crippen LogP contribution in [-0.4, -0.2) is 31.4 Å². The van der Waals surface area contributed by atoms with Crippen LogP contribution in [0, 0.1) is 0 Å². The van der Waals surface area contributed by atoms with Crippen molar-refractivity contribution in [3.63, 3.8) is 0 Å². The number of hydrogen-bond donors (Lipinski definition) is 3. The van der Waals surface area contributed by atoms with Gasteiger partial charge >= 0.3 is 5.97 Å². The molecule has 1 rings (SSSR count). The van der Waals surface area contributed by atoms with E-state index in [1.165, 1.54) is 0 Å². The summed E-state index contributed by atoms with van der Waals surface area (Å²) >= 11 is 0. The number of nitrogens with one attached hydrogen (secondary N) is 1.